The van der Waals surface area contributed by atoms with Gasteiger partial charge in [-0.15, -0.1) is 5.06 Å². The molecule has 0 amide bonds. The average Bonchev–Trinajstić information content (AvgIpc) is 1.65. The molecule has 0 bridgehead atoms. The van der Waals surface area contributed by atoms with Crippen molar-refractivity contribution in [3.63, 3.8) is 0 Å². The summed E-state index contributed by atoms with van der Waals surface area (Å²) in [6.07, 6.45) is -0.921. The first-order chi connectivity index (χ1) is 3.66. The first-order valence-electron chi connectivity index (χ1n) is 1.93. The molecule has 0 fully saturated rings. The van der Waals surface area contributed by atoms with E-state index in [1.165, 1.54) is 19.2 Å². The van der Waals surface area contributed by atoms with Crippen LogP contribution < -0.4 is 5.90 Å². The molecule has 0 saturated heterocycles. The van der Waals surface area contributed by atoms with Crippen LogP contribution in [0.2, 0.25) is 0 Å². The normalized spacial score (nSPS) is 9.00. The smallest absolute Gasteiger partial charge is 0.340 e. The van der Waals surface area contributed by atoms with Crippen LogP contribution in [0.4, 0.5) is 4.79 Å². The van der Waals surface area contributed by atoms with E-state index in [-0.39, 0.29) is 0 Å². The van der Waals surface area contributed by atoms with Crippen LogP contribution in [0.1, 0.15) is 0 Å². The molecule has 48 valence electrons. The molecule has 0 heterocycles. The molecule has 0 radical (unpaired) electrons. The summed E-state index contributed by atoms with van der Waals surface area (Å²) >= 11 is 0. The highest BCUT2D eigenvalue weighted by Crippen LogP contribution is 1.80. The van der Waals surface area contributed by atoms with Crippen LogP contribution in [0.25, 0.3) is 0 Å². The third kappa shape index (κ3) is 3.38. The molecule has 0 spiro atoms. The Morgan fingerprint density at radius 3 is 2.25 bits per heavy atom. The van der Waals surface area contributed by atoms with E-state index in [4.69, 9.17) is 0 Å². The van der Waals surface area contributed by atoms with Gasteiger partial charge >= 0.3 is 6.16 Å². The minimum atomic E-state index is -0.921. The molecule has 0 rings (SSSR count). The number of carbonyl (C=O) groups is 1. The molecular formula is C3H8N2O3. The maximum atomic E-state index is 10.0. The molecule has 0 aromatic heterocycles. The van der Waals surface area contributed by atoms with Crippen LogP contribution in [-0.2, 0) is 9.68 Å². The zero-order valence-corrected chi connectivity index (χ0v) is 4.75. The number of carbonyl (C=O) groups excluding carboxylic acids is 1. The second-order valence-electron chi connectivity index (χ2n) is 1.27. The summed E-state index contributed by atoms with van der Waals surface area (Å²) < 4.78 is 0. The van der Waals surface area contributed by atoms with Gasteiger partial charge in [-0.25, -0.2) is 0 Å². The maximum Gasteiger partial charge on any atom is 0.547 e. The van der Waals surface area contributed by atoms with Gasteiger partial charge in [0.25, 0.3) is 0 Å². The standard InChI is InChI=1S/C3H8N2O3/c1-5(2)8-3(6)7-4/h4H2,1-2H3. The van der Waals surface area contributed by atoms with E-state index in [0.29, 0.717) is 0 Å². The largest absolute Gasteiger partial charge is 0.547 e. The molecular weight excluding hydrogens is 112 g/mol. The Bertz CT molecular complexity index is 82.6. The summed E-state index contributed by atoms with van der Waals surface area (Å²) in [4.78, 5) is 17.9. The summed E-state index contributed by atoms with van der Waals surface area (Å²) in [7, 11) is 3.08. The van der Waals surface area contributed by atoms with Crippen molar-refractivity contribution < 1.29 is 14.5 Å². The molecule has 0 unspecified atom stereocenters. The van der Waals surface area contributed by atoms with Gasteiger partial charge in [0.1, 0.15) is 0 Å². The van der Waals surface area contributed by atoms with Crippen LogP contribution in [0, 0.1) is 0 Å². The fourth-order valence-corrected chi connectivity index (χ4v) is 0.171. The van der Waals surface area contributed by atoms with E-state index >= 15 is 0 Å². The number of rotatable bonds is 1. The first-order valence-corrected chi connectivity index (χ1v) is 1.93. The second kappa shape index (κ2) is 3.23. The molecule has 8 heavy (non-hydrogen) atoms. The fourth-order valence-electron chi connectivity index (χ4n) is 0.171. The lowest BCUT2D eigenvalue weighted by Gasteiger charge is -2.06. The topological polar surface area (TPSA) is 64.8 Å². The third-order valence-electron chi connectivity index (χ3n) is 0.353. The highest BCUT2D eigenvalue weighted by Gasteiger charge is 2.00. The van der Waals surface area contributed by atoms with Gasteiger partial charge in [0.05, 0.1) is 0 Å². The van der Waals surface area contributed by atoms with E-state index in [1.54, 1.807) is 0 Å². The van der Waals surface area contributed by atoms with Gasteiger partial charge in [-0.1, -0.05) is 0 Å². The lowest BCUT2D eigenvalue weighted by Crippen LogP contribution is -2.21. The highest BCUT2D eigenvalue weighted by atomic mass is 16.9. The molecule has 0 atom stereocenters. The van der Waals surface area contributed by atoms with Crippen LogP contribution in [0.3, 0.4) is 0 Å². The van der Waals surface area contributed by atoms with E-state index in [1.807, 2.05) is 0 Å². The van der Waals surface area contributed by atoms with Crippen LogP contribution in [0.5, 0.6) is 0 Å². The molecule has 0 aromatic rings. The van der Waals surface area contributed by atoms with Crippen molar-refractivity contribution in [3.8, 4) is 0 Å². The Morgan fingerprint density at radius 1 is 1.62 bits per heavy atom. The SMILES string of the molecule is CN(C)OC(=O)ON. The van der Waals surface area contributed by atoms with Crippen LogP contribution >= 0.6 is 0 Å². The molecule has 0 aromatic carbocycles. The van der Waals surface area contributed by atoms with E-state index in [2.05, 4.69) is 15.6 Å². The number of nitrogens with two attached hydrogens (primary N) is 1. The summed E-state index contributed by atoms with van der Waals surface area (Å²) in [5.41, 5.74) is 0. The van der Waals surface area contributed by atoms with Crippen LogP contribution in [-0.4, -0.2) is 25.3 Å². The zero-order valence-electron chi connectivity index (χ0n) is 4.75. The van der Waals surface area contributed by atoms with Crippen molar-refractivity contribution >= 4 is 6.16 Å². The van der Waals surface area contributed by atoms with Crippen molar-refractivity contribution in [2.24, 2.45) is 5.90 Å². The Labute approximate surface area is 46.9 Å². The Morgan fingerprint density at radius 2 is 2.12 bits per heavy atom. The number of hydrogen-bond donors (Lipinski definition) is 1. The maximum absolute atomic E-state index is 10.0. The molecule has 0 aliphatic carbocycles. The van der Waals surface area contributed by atoms with Gasteiger partial charge < -0.3 is 9.68 Å². The number of hydrogen-bond acceptors (Lipinski definition) is 5. The minimum absolute atomic E-state index is 0.921. The van der Waals surface area contributed by atoms with E-state index in [0.717, 1.165) is 0 Å². The second-order valence-corrected chi connectivity index (χ2v) is 1.27. The zero-order chi connectivity index (χ0) is 6.57. The predicted molar refractivity (Wildman–Crippen MR) is 25.4 cm³/mol. The summed E-state index contributed by atoms with van der Waals surface area (Å²) in [6.45, 7) is 0. The first kappa shape index (κ1) is 7.19. The Balaban J connectivity index is 3.25. The quantitative estimate of drug-likeness (QED) is 0.472. The predicted octanol–water partition coefficient (Wildman–Crippen LogP) is -0.510. The van der Waals surface area contributed by atoms with Gasteiger partial charge in [0.15, 0.2) is 0 Å². The molecule has 0 aliphatic heterocycles. The average molecular weight is 120 g/mol. The molecule has 5 nitrogen and oxygen atoms in total. The summed E-state index contributed by atoms with van der Waals surface area (Å²) in [5.74, 6) is 4.42. The van der Waals surface area contributed by atoms with Gasteiger partial charge in [-0.3, -0.25) is 0 Å². The van der Waals surface area contributed by atoms with Crippen molar-refractivity contribution in [2.45, 2.75) is 0 Å². The Hall–Kier alpha value is -0.810. The summed E-state index contributed by atoms with van der Waals surface area (Å²) in [6, 6.07) is 0. The third-order valence-corrected chi connectivity index (χ3v) is 0.353. The number of nitrogens with zero attached hydrogens (tertiary/aromatic N) is 1. The lowest BCUT2D eigenvalue weighted by molar-refractivity contribution is -0.0922. The molecule has 0 saturated carbocycles. The highest BCUT2D eigenvalue weighted by molar-refractivity contribution is 5.58. The number of hydroxylamine groups is 2. The van der Waals surface area contributed by atoms with E-state index < -0.39 is 6.16 Å². The van der Waals surface area contributed by atoms with Crippen molar-refractivity contribution in [3.05, 3.63) is 0 Å². The molecule has 2 N–H and O–H groups in total. The minimum Gasteiger partial charge on any atom is -0.340 e. The summed E-state index contributed by atoms with van der Waals surface area (Å²) in [5, 5.41) is 1.18. The van der Waals surface area contributed by atoms with Gasteiger partial charge in [-0.05, 0) is 0 Å². The molecule has 5 heteroatoms. The Kier molecular flexibility index (Phi) is 2.90. The lowest BCUT2D eigenvalue weighted by atomic mass is 11.2. The van der Waals surface area contributed by atoms with Gasteiger partial charge in [-0.2, -0.15) is 10.7 Å². The van der Waals surface area contributed by atoms with Gasteiger partial charge in [0.2, 0.25) is 0 Å². The van der Waals surface area contributed by atoms with Crippen molar-refractivity contribution in [1.29, 1.82) is 0 Å². The van der Waals surface area contributed by atoms with E-state index in [9.17, 15) is 4.79 Å². The van der Waals surface area contributed by atoms with Gasteiger partial charge in [0, 0.05) is 14.1 Å². The van der Waals surface area contributed by atoms with Crippen molar-refractivity contribution in [1.82, 2.24) is 5.06 Å². The van der Waals surface area contributed by atoms with Crippen molar-refractivity contribution in [2.75, 3.05) is 14.1 Å². The molecule has 0 aliphatic rings. The monoisotopic (exact) mass is 120 g/mol. The van der Waals surface area contributed by atoms with Crippen LogP contribution in [0.15, 0.2) is 0 Å². The fraction of sp³-hybridized carbons (Fsp3) is 0.667.